The number of ether oxygens (including phenoxy) is 1. The molecule has 1 aliphatic carbocycles. The summed E-state index contributed by atoms with van der Waals surface area (Å²) >= 11 is 0. The van der Waals surface area contributed by atoms with E-state index in [0.717, 1.165) is 42.6 Å². The molecule has 1 aromatic carbocycles. The van der Waals surface area contributed by atoms with Crippen LogP contribution >= 0.6 is 0 Å². The van der Waals surface area contributed by atoms with Crippen molar-refractivity contribution in [3.05, 3.63) is 66.2 Å². The van der Waals surface area contributed by atoms with Gasteiger partial charge in [-0.15, -0.1) is 0 Å². The molecule has 32 heavy (non-hydrogen) atoms. The van der Waals surface area contributed by atoms with Crippen LogP contribution in [0.2, 0.25) is 0 Å². The number of benzene rings is 1. The van der Waals surface area contributed by atoms with Crippen molar-refractivity contribution < 1.29 is 19.0 Å². The number of carboxylic acids is 1. The highest BCUT2D eigenvalue weighted by molar-refractivity contribution is 5.67. The molecule has 0 atom stereocenters. The lowest BCUT2D eigenvalue weighted by molar-refractivity contribution is -0.138. The SMILES string of the molecule is COc1ncc(Nc2ccc(-c3ccc([C@H]4CC[C@@H](CC(=O)O)CC4)cc3)nc2)cc1F. The Bertz CT molecular complexity index is 1060. The molecule has 0 spiro atoms. The lowest BCUT2D eigenvalue weighted by Crippen LogP contribution is -2.16. The Labute approximate surface area is 186 Å². The molecule has 0 unspecified atom stereocenters. The Morgan fingerprint density at radius 2 is 1.78 bits per heavy atom. The van der Waals surface area contributed by atoms with Crippen LogP contribution in [-0.4, -0.2) is 28.2 Å². The lowest BCUT2D eigenvalue weighted by Gasteiger charge is -2.28. The monoisotopic (exact) mass is 435 g/mol. The number of nitrogens with zero attached hydrogens (tertiary/aromatic N) is 2. The second-order valence-corrected chi connectivity index (χ2v) is 8.21. The number of aliphatic carboxylic acids is 1. The Balaban J connectivity index is 1.37. The van der Waals surface area contributed by atoms with E-state index in [9.17, 15) is 9.18 Å². The molecular weight excluding hydrogens is 409 g/mol. The van der Waals surface area contributed by atoms with Crippen molar-refractivity contribution in [1.82, 2.24) is 9.97 Å². The van der Waals surface area contributed by atoms with Gasteiger partial charge >= 0.3 is 5.97 Å². The van der Waals surface area contributed by atoms with Gasteiger partial charge in [0.2, 0.25) is 5.88 Å². The minimum absolute atomic E-state index is 0.0409. The van der Waals surface area contributed by atoms with Gasteiger partial charge in [0, 0.05) is 18.1 Å². The third-order valence-corrected chi connectivity index (χ3v) is 6.04. The predicted octanol–water partition coefficient (Wildman–Crippen LogP) is 5.78. The number of carbonyl (C=O) groups is 1. The number of halogens is 1. The zero-order valence-electron chi connectivity index (χ0n) is 17.9. The first-order valence-electron chi connectivity index (χ1n) is 10.8. The summed E-state index contributed by atoms with van der Waals surface area (Å²) in [6, 6.07) is 13.6. The van der Waals surface area contributed by atoms with E-state index >= 15 is 0 Å². The van der Waals surface area contributed by atoms with Crippen molar-refractivity contribution in [2.24, 2.45) is 5.92 Å². The first-order chi connectivity index (χ1) is 15.5. The van der Waals surface area contributed by atoms with E-state index in [1.807, 2.05) is 12.1 Å². The molecule has 1 fully saturated rings. The summed E-state index contributed by atoms with van der Waals surface area (Å²) in [4.78, 5) is 19.3. The van der Waals surface area contributed by atoms with Gasteiger partial charge in [-0.1, -0.05) is 24.3 Å². The average molecular weight is 435 g/mol. The molecule has 1 saturated carbocycles. The van der Waals surface area contributed by atoms with E-state index in [1.54, 1.807) is 6.20 Å². The maximum Gasteiger partial charge on any atom is 0.303 e. The summed E-state index contributed by atoms with van der Waals surface area (Å²) in [5, 5.41) is 12.1. The number of anilines is 2. The third-order valence-electron chi connectivity index (χ3n) is 6.04. The van der Waals surface area contributed by atoms with Crippen molar-refractivity contribution in [1.29, 1.82) is 0 Å². The van der Waals surface area contributed by atoms with E-state index in [-0.39, 0.29) is 12.3 Å². The molecule has 6 nitrogen and oxygen atoms in total. The van der Waals surface area contributed by atoms with Crippen LogP contribution in [-0.2, 0) is 4.79 Å². The van der Waals surface area contributed by atoms with Gasteiger partial charge in [-0.2, -0.15) is 0 Å². The highest BCUT2D eigenvalue weighted by Gasteiger charge is 2.24. The Morgan fingerprint density at radius 1 is 1.06 bits per heavy atom. The number of carboxylic acid groups (broad SMARTS) is 1. The van der Waals surface area contributed by atoms with Gasteiger partial charge in [-0.05, 0) is 55.2 Å². The van der Waals surface area contributed by atoms with Gasteiger partial charge in [0.25, 0.3) is 0 Å². The van der Waals surface area contributed by atoms with Crippen LogP contribution in [0.15, 0.2) is 54.9 Å². The summed E-state index contributed by atoms with van der Waals surface area (Å²) in [6.07, 6.45) is 7.52. The molecule has 0 radical (unpaired) electrons. The molecular formula is C25H26FN3O3. The zero-order valence-corrected chi connectivity index (χ0v) is 17.9. The molecule has 0 saturated heterocycles. The molecule has 1 aliphatic rings. The average Bonchev–Trinajstić information content (AvgIpc) is 2.80. The molecule has 2 aromatic heterocycles. The van der Waals surface area contributed by atoms with Crippen LogP contribution < -0.4 is 10.1 Å². The van der Waals surface area contributed by atoms with Crippen LogP contribution in [0.3, 0.4) is 0 Å². The highest BCUT2D eigenvalue weighted by atomic mass is 19.1. The van der Waals surface area contributed by atoms with E-state index in [4.69, 9.17) is 9.84 Å². The molecule has 166 valence electrons. The summed E-state index contributed by atoms with van der Waals surface area (Å²) in [7, 11) is 1.38. The Kier molecular flexibility index (Phi) is 6.63. The predicted molar refractivity (Wildman–Crippen MR) is 121 cm³/mol. The third kappa shape index (κ3) is 5.22. The van der Waals surface area contributed by atoms with E-state index in [0.29, 0.717) is 17.5 Å². The molecule has 2 N–H and O–H groups in total. The molecule has 7 heteroatoms. The van der Waals surface area contributed by atoms with Crippen LogP contribution in [0.5, 0.6) is 5.88 Å². The van der Waals surface area contributed by atoms with E-state index < -0.39 is 11.8 Å². The Hall–Kier alpha value is -3.48. The minimum atomic E-state index is -0.695. The first-order valence-corrected chi connectivity index (χ1v) is 10.8. The summed E-state index contributed by atoms with van der Waals surface area (Å²) in [5.41, 5.74) is 4.42. The number of pyridine rings is 2. The topological polar surface area (TPSA) is 84.3 Å². The van der Waals surface area contributed by atoms with Crippen molar-refractivity contribution in [2.45, 2.75) is 38.0 Å². The fourth-order valence-corrected chi connectivity index (χ4v) is 4.32. The zero-order chi connectivity index (χ0) is 22.5. The number of methoxy groups -OCH3 is 1. The number of rotatable bonds is 7. The first kappa shape index (κ1) is 21.7. The van der Waals surface area contributed by atoms with Crippen LogP contribution in [0.25, 0.3) is 11.3 Å². The molecule has 4 rings (SSSR count). The second-order valence-electron chi connectivity index (χ2n) is 8.21. The summed E-state index contributed by atoms with van der Waals surface area (Å²) < 4.78 is 18.6. The van der Waals surface area contributed by atoms with Crippen LogP contribution in [0, 0.1) is 11.7 Å². The fourth-order valence-electron chi connectivity index (χ4n) is 4.32. The minimum Gasteiger partial charge on any atom is -0.481 e. The molecule has 2 heterocycles. The maximum absolute atomic E-state index is 13.8. The fraction of sp³-hybridized carbons (Fsp3) is 0.320. The van der Waals surface area contributed by atoms with Gasteiger partial charge < -0.3 is 15.2 Å². The summed E-state index contributed by atoms with van der Waals surface area (Å²) in [6.45, 7) is 0. The normalized spacial score (nSPS) is 18.2. The lowest BCUT2D eigenvalue weighted by atomic mass is 9.77. The van der Waals surface area contributed by atoms with Gasteiger partial charge in [0.15, 0.2) is 5.82 Å². The summed E-state index contributed by atoms with van der Waals surface area (Å²) in [5.74, 6) is -0.464. The Morgan fingerprint density at radius 3 is 2.38 bits per heavy atom. The maximum atomic E-state index is 13.8. The quantitative estimate of drug-likeness (QED) is 0.489. The second kappa shape index (κ2) is 9.77. The number of hydrogen-bond donors (Lipinski definition) is 2. The van der Waals surface area contributed by atoms with Gasteiger partial charge in [0.1, 0.15) is 0 Å². The number of hydrogen-bond acceptors (Lipinski definition) is 5. The number of aromatic nitrogens is 2. The van der Waals surface area contributed by atoms with Gasteiger partial charge in [0.05, 0.1) is 36.6 Å². The van der Waals surface area contributed by atoms with Crippen LogP contribution in [0.4, 0.5) is 15.8 Å². The standard InChI is InChI=1S/C25H26FN3O3/c1-32-25-22(26)13-21(15-28-25)29-20-10-11-23(27-14-20)19-8-6-18(7-9-19)17-4-2-16(3-5-17)12-24(30)31/h6-11,13-17,29H,2-5,12H2,1H3,(H,30,31)/t16-,17+. The van der Waals surface area contributed by atoms with Gasteiger partial charge in [-0.3, -0.25) is 9.78 Å². The number of nitrogens with one attached hydrogen (secondary N) is 1. The van der Waals surface area contributed by atoms with Crippen molar-refractivity contribution in [2.75, 3.05) is 12.4 Å². The van der Waals surface area contributed by atoms with Crippen LogP contribution in [0.1, 0.15) is 43.6 Å². The molecule has 0 amide bonds. The largest absolute Gasteiger partial charge is 0.481 e. The van der Waals surface area contributed by atoms with E-state index in [1.165, 1.54) is 24.9 Å². The van der Waals surface area contributed by atoms with Gasteiger partial charge in [-0.25, -0.2) is 9.37 Å². The molecule has 0 bridgehead atoms. The van der Waals surface area contributed by atoms with Crippen molar-refractivity contribution >= 4 is 17.3 Å². The van der Waals surface area contributed by atoms with Crippen molar-refractivity contribution in [3.63, 3.8) is 0 Å². The van der Waals surface area contributed by atoms with Crippen molar-refractivity contribution in [3.8, 4) is 17.1 Å². The molecule has 3 aromatic rings. The highest BCUT2D eigenvalue weighted by Crippen LogP contribution is 2.37. The van der Waals surface area contributed by atoms with E-state index in [2.05, 4.69) is 39.6 Å². The molecule has 0 aliphatic heterocycles. The smallest absolute Gasteiger partial charge is 0.303 e.